The van der Waals surface area contributed by atoms with Crippen LogP contribution in [-0.2, 0) is 6.54 Å². The SMILES string of the molecule is CN(Cc1cccc(F)c1)c1ccc(C(N)=S)cc1Cl. The molecule has 2 rings (SSSR count). The molecule has 0 atom stereocenters. The van der Waals surface area contributed by atoms with Crippen LogP contribution in [0, 0.1) is 5.82 Å². The zero-order chi connectivity index (χ0) is 14.7. The Morgan fingerprint density at radius 2 is 2.05 bits per heavy atom. The molecule has 2 nitrogen and oxygen atoms in total. The summed E-state index contributed by atoms with van der Waals surface area (Å²) in [7, 11) is 1.90. The van der Waals surface area contributed by atoms with Gasteiger partial charge < -0.3 is 10.6 Å². The van der Waals surface area contributed by atoms with Gasteiger partial charge in [0.15, 0.2) is 0 Å². The van der Waals surface area contributed by atoms with Crippen LogP contribution in [0.3, 0.4) is 0 Å². The summed E-state index contributed by atoms with van der Waals surface area (Å²) in [6.45, 7) is 0.559. The number of rotatable bonds is 4. The van der Waals surface area contributed by atoms with Crippen molar-refractivity contribution in [2.24, 2.45) is 5.73 Å². The van der Waals surface area contributed by atoms with Gasteiger partial charge in [-0.2, -0.15) is 0 Å². The van der Waals surface area contributed by atoms with Crippen molar-refractivity contribution >= 4 is 34.5 Å². The van der Waals surface area contributed by atoms with E-state index in [0.717, 1.165) is 16.8 Å². The van der Waals surface area contributed by atoms with Crippen LogP contribution in [0.15, 0.2) is 42.5 Å². The first-order valence-electron chi connectivity index (χ1n) is 6.02. The Morgan fingerprint density at radius 1 is 1.30 bits per heavy atom. The van der Waals surface area contributed by atoms with Crippen LogP contribution >= 0.6 is 23.8 Å². The van der Waals surface area contributed by atoms with Gasteiger partial charge in [0.25, 0.3) is 0 Å². The minimum Gasteiger partial charge on any atom is -0.389 e. The van der Waals surface area contributed by atoms with Gasteiger partial charge in [-0.05, 0) is 35.9 Å². The van der Waals surface area contributed by atoms with Gasteiger partial charge in [-0.3, -0.25) is 0 Å². The van der Waals surface area contributed by atoms with Gasteiger partial charge in [0.2, 0.25) is 0 Å². The Hall–Kier alpha value is -1.65. The molecule has 0 saturated heterocycles. The summed E-state index contributed by atoms with van der Waals surface area (Å²) in [6.07, 6.45) is 0. The molecule has 0 aliphatic rings. The smallest absolute Gasteiger partial charge is 0.123 e. The zero-order valence-corrected chi connectivity index (χ0v) is 12.5. The highest BCUT2D eigenvalue weighted by atomic mass is 35.5. The normalized spacial score (nSPS) is 10.3. The predicted molar refractivity (Wildman–Crippen MR) is 85.8 cm³/mol. The Morgan fingerprint density at radius 3 is 2.65 bits per heavy atom. The second-order valence-electron chi connectivity index (χ2n) is 4.52. The first kappa shape index (κ1) is 14.8. The van der Waals surface area contributed by atoms with E-state index in [1.165, 1.54) is 12.1 Å². The fourth-order valence-corrected chi connectivity index (χ4v) is 2.42. The van der Waals surface area contributed by atoms with Gasteiger partial charge in [-0.1, -0.05) is 36.0 Å². The van der Waals surface area contributed by atoms with E-state index in [2.05, 4.69) is 0 Å². The molecule has 0 aromatic heterocycles. The maximum Gasteiger partial charge on any atom is 0.123 e. The highest BCUT2D eigenvalue weighted by Crippen LogP contribution is 2.27. The van der Waals surface area contributed by atoms with E-state index in [9.17, 15) is 4.39 Å². The summed E-state index contributed by atoms with van der Waals surface area (Å²) in [6, 6.07) is 11.9. The van der Waals surface area contributed by atoms with Gasteiger partial charge in [0.05, 0.1) is 10.7 Å². The van der Waals surface area contributed by atoms with Gasteiger partial charge in [0, 0.05) is 19.2 Å². The third kappa shape index (κ3) is 3.46. The second kappa shape index (κ2) is 6.20. The molecule has 2 aromatic carbocycles. The van der Waals surface area contributed by atoms with Crippen LogP contribution < -0.4 is 10.6 Å². The average Bonchev–Trinajstić information content (AvgIpc) is 2.38. The van der Waals surface area contributed by atoms with Gasteiger partial charge in [-0.25, -0.2) is 4.39 Å². The Balaban J connectivity index is 2.21. The molecule has 0 saturated carbocycles. The summed E-state index contributed by atoms with van der Waals surface area (Å²) in [5.74, 6) is -0.245. The molecule has 5 heteroatoms. The Kier molecular flexibility index (Phi) is 4.57. The Bertz CT molecular complexity index is 646. The minimum absolute atomic E-state index is 0.245. The summed E-state index contributed by atoms with van der Waals surface area (Å²) in [5.41, 5.74) is 8.02. The lowest BCUT2D eigenvalue weighted by Gasteiger charge is -2.21. The van der Waals surface area contributed by atoms with Crippen LogP contribution in [0.1, 0.15) is 11.1 Å². The molecule has 0 aliphatic carbocycles. The fraction of sp³-hybridized carbons (Fsp3) is 0.133. The fourth-order valence-electron chi connectivity index (χ4n) is 1.96. The molecule has 0 spiro atoms. The van der Waals surface area contributed by atoms with Crippen LogP contribution in [0.2, 0.25) is 5.02 Å². The van der Waals surface area contributed by atoms with E-state index in [4.69, 9.17) is 29.6 Å². The number of hydrogen-bond donors (Lipinski definition) is 1. The third-order valence-electron chi connectivity index (χ3n) is 2.95. The first-order chi connectivity index (χ1) is 9.47. The second-order valence-corrected chi connectivity index (χ2v) is 5.36. The molecule has 2 N–H and O–H groups in total. The Labute approximate surface area is 128 Å². The maximum atomic E-state index is 13.2. The average molecular weight is 309 g/mol. The molecule has 0 heterocycles. The summed E-state index contributed by atoms with van der Waals surface area (Å²) >= 11 is 11.1. The molecular weight excluding hydrogens is 295 g/mol. The van der Waals surface area contributed by atoms with Gasteiger partial charge in [-0.15, -0.1) is 0 Å². The summed E-state index contributed by atoms with van der Waals surface area (Å²) in [4.78, 5) is 2.26. The molecule has 2 aromatic rings. The lowest BCUT2D eigenvalue weighted by Crippen LogP contribution is -2.17. The van der Waals surface area contributed by atoms with Crippen molar-refractivity contribution in [3.63, 3.8) is 0 Å². The minimum atomic E-state index is -0.245. The van der Waals surface area contributed by atoms with E-state index in [1.54, 1.807) is 12.1 Å². The topological polar surface area (TPSA) is 29.3 Å². The highest BCUT2D eigenvalue weighted by molar-refractivity contribution is 7.80. The number of anilines is 1. The molecule has 0 aliphatic heterocycles. The molecule has 0 radical (unpaired) electrons. The van der Waals surface area contributed by atoms with Crippen LogP contribution in [0.5, 0.6) is 0 Å². The van der Waals surface area contributed by atoms with E-state index in [0.29, 0.717) is 16.6 Å². The van der Waals surface area contributed by atoms with Gasteiger partial charge in [0.1, 0.15) is 10.8 Å². The molecule has 0 unspecified atom stereocenters. The monoisotopic (exact) mass is 308 g/mol. The molecule has 0 bridgehead atoms. The van der Waals surface area contributed by atoms with Crippen LogP contribution in [-0.4, -0.2) is 12.0 Å². The van der Waals surface area contributed by atoms with Gasteiger partial charge >= 0.3 is 0 Å². The largest absolute Gasteiger partial charge is 0.389 e. The lowest BCUT2D eigenvalue weighted by molar-refractivity contribution is 0.625. The van der Waals surface area contributed by atoms with Crippen molar-refractivity contribution in [3.8, 4) is 0 Å². The summed E-state index contributed by atoms with van der Waals surface area (Å²) < 4.78 is 13.2. The first-order valence-corrected chi connectivity index (χ1v) is 6.81. The zero-order valence-electron chi connectivity index (χ0n) is 10.9. The van der Waals surface area contributed by atoms with Crippen molar-refractivity contribution < 1.29 is 4.39 Å². The lowest BCUT2D eigenvalue weighted by atomic mass is 10.1. The third-order valence-corrected chi connectivity index (χ3v) is 3.49. The maximum absolute atomic E-state index is 13.2. The van der Waals surface area contributed by atoms with Crippen molar-refractivity contribution in [1.82, 2.24) is 0 Å². The van der Waals surface area contributed by atoms with Crippen LogP contribution in [0.4, 0.5) is 10.1 Å². The molecular formula is C15H14ClFN2S. The van der Waals surface area contributed by atoms with Crippen molar-refractivity contribution in [2.75, 3.05) is 11.9 Å². The van der Waals surface area contributed by atoms with E-state index in [1.807, 2.05) is 30.1 Å². The number of halogens is 2. The number of benzene rings is 2. The quantitative estimate of drug-likeness (QED) is 0.872. The molecule has 104 valence electrons. The molecule has 0 amide bonds. The molecule has 20 heavy (non-hydrogen) atoms. The summed E-state index contributed by atoms with van der Waals surface area (Å²) in [5, 5.41) is 0.564. The van der Waals surface area contributed by atoms with Crippen molar-refractivity contribution in [3.05, 3.63) is 64.4 Å². The molecule has 0 fully saturated rings. The van der Waals surface area contributed by atoms with E-state index < -0.39 is 0 Å². The van der Waals surface area contributed by atoms with E-state index in [-0.39, 0.29) is 5.82 Å². The standard InChI is InChI=1S/C15H14ClFN2S/c1-19(9-10-3-2-4-12(17)7-10)14-6-5-11(15(18)20)8-13(14)16/h2-8H,9H2,1H3,(H2,18,20). The van der Waals surface area contributed by atoms with Crippen molar-refractivity contribution in [2.45, 2.75) is 6.54 Å². The number of nitrogens with two attached hydrogens (primary N) is 1. The number of nitrogens with zero attached hydrogens (tertiary/aromatic N) is 1. The van der Waals surface area contributed by atoms with E-state index >= 15 is 0 Å². The predicted octanol–water partition coefficient (Wildman–Crippen LogP) is 3.75. The van der Waals surface area contributed by atoms with Crippen LogP contribution in [0.25, 0.3) is 0 Å². The number of hydrogen-bond acceptors (Lipinski definition) is 2. The highest BCUT2D eigenvalue weighted by Gasteiger charge is 2.09. The number of thiocarbonyl (C=S) groups is 1. The van der Waals surface area contributed by atoms with Crippen molar-refractivity contribution in [1.29, 1.82) is 0 Å².